The van der Waals surface area contributed by atoms with Crippen LogP contribution in [0.2, 0.25) is 0 Å². The second kappa shape index (κ2) is 23.4. The number of likely N-dealkylation sites (N-methyl/N-ethyl adjacent to an activating group) is 1. The molecule has 0 bridgehead atoms. The minimum Gasteiger partial charge on any atom is -0.427 e. The van der Waals surface area contributed by atoms with E-state index in [0.29, 0.717) is 27.9 Å². The maximum atomic E-state index is 14.2. The lowest BCUT2D eigenvalue weighted by Gasteiger charge is -2.33. The lowest BCUT2D eigenvalue weighted by atomic mass is 9.98. The number of thioether (sulfide) groups is 1. The molecule has 62 heavy (non-hydrogen) atoms. The van der Waals surface area contributed by atoms with Gasteiger partial charge in [-0.3, -0.25) is 48.5 Å². The summed E-state index contributed by atoms with van der Waals surface area (Å²) in [5.41, 5.74) is 6.40. The first-order chi connectivity index (χ1) is 29.1. The van der Waals surface area contributed by atoms with E-state index in [2.05, 4.69) is 42.2 Å². The summed E-state index contributed by atoms with van der Waals surface area (Å²) in [6.45, 7) is 7.30. The molecule has 3 rings (SSSR count). The number of hydrogen-bond acceptors (Lipinski definition) is 14. The van der Waals surface area contributed by atoms with Crippen molar-refractivity contribution in [1.82, 2.24) is 47.1 Å². The van der Waals surface area contributed by atoms with Gasteiger partial charge in [-0.15, -0.1) is 11.8 Å². The molecule has 0 saturated heterocycles. The number of fused-ring (bicyclic) bond motifs is 3. The van der Waals surface area contributed by atoms with Crippen LogP contribution in [0.4, 0.5) is 0 Å². The van der Waals surface area contributed by atoms with Crippen molar-refractivity contribution in [3.05, 3.63) is 23.8 Å². The molecule has 8 amide bonds. The van der Waals surface area contributed by atoms with Gasteiger partial charge in [0, 0.05) is 44.1 Å². The number of benzene rings is 1. The van der Waals surface area contributed by atoms with Gasteiger partial charge in [0.05, 0.1) is 42.2 Å². The van der Waals surface area contributed by atoms with Gasteiger partial charge in [-0.1, -0.05) is 20.3 Å². The lowest BCUT2D eigenvalue weighted by Crippen LogP contribution is -2.60. The van der Waals surface area contributed by atoms with E-state index < -0.39 is 121 Å². The number of hydrogen-bond donors (Lipinski definition) is 11. The molecule has 2 heterocycles. The molecule has 1 aromatic heterocycles. The number of nitrogens with two attached hydrogens (primary N) is 1. The number of amides is 8. The topological polar surface area (TPSA) is 333 Å². The molecule has 1 aliphatic heterocycles. The highest BCUT2D eigenvalue weighted by Gasteiger charge is 2.36. The summed E-state index contributed by atoms with van der Waals surface area (Å²) < 4.78 is 5.26. The zero-order valence-corrected chi connectivity index (χ0v) is 36.5. The highest BCUT2D eigenvalue weighted by atomic mass is 32.2. The van der Waals surface area contributed by atoms with Crippen molar-refractivity contribution in [2.24, 2.45) is 11.7 Å². The second-order valence-electron chi connectivity index (χ2n) is 15.0. The van der Waals surface area contributed by atoms with Crippen molar-refractivity contribution in [2.45, 2.75) is 108 Å². The normalized spacial score (nSPS) is 20.5. The second-order valence-corrected chi connectivity index (χ2v) is 16.0. The Kier molecular flexibility index (Phi) is 19.1. The highest BCUT2D eigenvalue weighted by molar-refractivity contribution is 7.99. The van der Waals surface area contributed by atoms with Gasteiger partial charge in [0.1, 0.15) is 36.1 Å². The summed E-state index contributed by atoms with van der Waals surface area (Å²) in [5.74, 6) is -7.61. The molecule has 0 radical (unpaired) electrons. The SMILES string of the molecule is CC[C@H](C)[C@@H]1NC(=O)CNC(=O)C(NC(C)O)Cc2c([nH]c3cc(OC(C)=O)ccc23)SCC(C(=O)NC(CC(N)=O)C(=O)N(C[C@@H](C)O)[C@@H](C)C(=O)NC)NC(=O)CNC1=O. The molecule has 1 aliphatic rings. The molecule has 0 fully saturated rings. The molecule has 12 N–H and O–H groups in total. The predicted molar refractivity (Wildman–Crippen MR) is 225 cm³/mol. The van der Waals surface area contributed by atoms with Gasteiger partial charge in [0.15, 0.2) is 0 Å². The van der Waals surface area contributed by atoms with Crippen molar-refractivity contribution < 1.29 is 58.1 Å². The van der Waals surface area contributed by atoms with E-state index in [0.717, 1.165) is 16.7 Å². The van der Waals surface area contributed by atoms with Crippen molar-refractivity contribution in [2.75, 3.05) is 32.4 Å². The molecule has 22 nitrogen and oxygen atoms in total. The van der Waals surface area contributed by atoms with E-state index in [-0.39, 0.29) is 24.5 Å². The maximum Gasteiger partial charge on any atom is 0.308 e. The maximum absolute atomic E-state index is 14.2. The van der Waals surface area contributed by atoms with Crippen LogP contribution in [0.5, 0.6) is 5.75 Å². The van der Waals surface area contributed by atoms with Crippen LogP contribution in [0.25, 0.3) is 10.9 Å². The van der Waals surface area contributed by atoms with Crippen LogP contribution in [0.15, 0.2) is 23.2 Å². The third-order valence-corrected chi connectivity index (χ3v) is 11.0. The summed E-state index contributed by atoms with van der Waals surface area (Å²) in [6, 6.07) is -1.96. The minimum atomic E-state index is -1.67. The Morgan fingerprint density at radius 3 is 2.21 bits per heavy atom. The Hall–Kier alpha value is -5.78. The number of aliphatic hydroxyl groups is 2. The van der Waals surface area contributed by atoms with Crippen LogP contribution >= 0.6 is 11.8 Å². The van der Waals surface area contributed by atoms with E-state index in [1.807, 2.05) is 0 Å². The number of nitrogens with one attached hydrogen (secondary N) is 8. The Balaban J connectivity index is 2.16. The van der Waals surface area contributed by atoms with E-state index >= 15 is 0 Å². The first kappa shape index (κ1) is 50.6. The summed E-state index contributed by atoms with van der Waals surface area (Å²) in [6.07, 6.45) is -2.75. The molecule has 4 unspecified atom stereocenters. The Morgan fingerprint density at radius 1 is 0.984 bits per heavy atom. The average molecular weight is 891 g/mol. The third kappa shape index (κ3) is 14.7. The Morgan fingerprint density at radius 2 is 1.63 bits per heavy atom. The van der Waals surface area contributed by atoms with Crippen molar-refractivity contribution in [3.8, 4) is 5.75 Å². The van der Waals surface area contributed by atoms with Crippen LogP contribution in [-0.2, 0) is 49.6 Å². The van der Waals surface area contributed by atoms with Crippen LogP contribution in [0.3, 0.4) is 0 Å². The smallest absolute Gasteiger partial charge is 0.308 e. The zero-order chi connectivity index (χ0) is 46.4. The molecule has 8 atom stereocenters. The summed E-state index contributed by atoms with van der Waals surface area (Å²) in [4.78, 5) is 123. The van der Waals surface area contributed by atoms with E-state index in [1.54, 1.807) is 19.9 Å². The van der Waals surface area contributed by atoms with E-state index in [4.69, 9.17) is 10.5 Å². The largest absolute Gasteiger partial charge is 0.427 e. The van der Waals surface area contributed by atoms with Gasteiger partial charge in [-0.2, -0.15) is 0 Å². The quantitative estimate of drug-likeness (QED) is 0.0512. The van der Waals surface area contributed by atoms with E-state index in [9.17, 15) is 53.4 Å². The monoisotopic (exact) mass is 890 g/mol. The number of aliphatic hydroxyl groups excluding tert-OH is 2. The van der Waals surface area contributed by atoms with Crippen molar-refractivity contribution in [1.29, 1.82) is 0 Å². The fourth-order valence-corrected chi connectivity index (χ4v) is 7.64. The molecule has 0 spiro atoms. The number of carbonyl (C=O) groups excluding carboxylic acids is 9. The lowest BCUT2D eigenvalue weighted by molar-refractivity contribution is -0.145. The number of aromatic nitrogens is 1. The van der Waals surface area contributed by atoms with Crippen LogP contribution in [0.1, 0.15) is 59.9 Å². The molecule has 0 aliphatic carbocycles. The van der Waals surface area contributed by atoms with Crippen molar-refractivity contribution >= 4 is 75.9 Å². The van der Waals surface area contributed by atoms with Gasteiger partial charge in [-0.25, -0.2) is 0 Å². The number of nitrogens with zero attached hydrogens (tertiary/aromatic N) is 1. The fourth-order valence-electron chi connectivity index (χ4n) is 6.52. The zero-order valence-electron chi connectivity index (χ0n) is 35.7. The number of H-pyrrole nitrogens is 1. The van der Waals surface area contributed by atoms with Crippen LogP contribution in [-0.4, -0.2) is 148 Å². The summed E-state index contributed by atoms with van der Waals surface area (Å²) in [5, 5.41) is 39.2. The molecular formula is C39H58N10O12S. The average Bonchev–Trinajstić information content (AvgIpc) is 3.54. The van der Waals surface area contributed by atoms with Crippen molar-refractivity contribution in [3.63, 3.8) is 0 Å². The van der Waals surface area contributed by atoms with Crippen LogP contribution in [0, 0.1) is 5.92 Å². The molecular weight excluding hydrogens is 833 g/mol. The van der Waals surface area contributed by atoms with Gasteiger partial charge in [0.2, 0.25) is 47.3 Å². The number of esters is 1. The van der Waals surface area contributed by atoms with Crippen LogP contribution < -0.4 is 47.7 Å². The number of rotatable bonds is 14. The molecule has 1 aromatic carbocycles. The van der Waals surface area contributed by atoms with Gasteiger partial charge in [0.25, 0.3) is 0 Å². The standard InChI is InChI=1S/C39H58N10O12S/c1-8-18(2)33-37(59)43-14-31(54)45-29(36(58)46-28(13-30(40)53)39(60)49(16-19(3)50)20(4)34(56)41-7)17-62-38-25(24-10-9-23(61-22(6)52)11-26(24)47-38)12-27(44-21(5)51)35(57)42-15-32(55)48-33/h9-11,18-21,27-29,33,44,47,50-51H,8,12-17H2,1-7H3,(H2,40,53)(H,41,56)(H,42,57)(H,43,59)(H,45,54)(H,46,58)(H,48,55)/t18-,19+,20-,21?,27?,28?,29?,33-/m0/s1. The van der Waals surface area contributed by atoms with E-state index in [1.165, 1.54) is 46.9 Å². The van der Waals surface area contributed by atoms with Gasteiger partial charge >= 0.3 is 5.97 Å². The first-order valence-corrected chi connectivity index (χ1v) is 21.0. The Bertz CT molecular complexity index is 1990. The molecule has 23 heteroatoms. The highest BCUT2D eigenvalue weighted by Crippen LogP contribution is 2.33. The molecule has 342 valence electrons. The summed E-state index contributed by atoms with van der Waals surface area (Å²) >= 11 is 0.995. The third-order valence-electron chi connectivity index (χ3n) is 9.83. The fraction of sp³-hybridized carbons (Fsp3) is 0.564. The minimum absolute atomic E-state index is 0.119. The summed E-state index contributed by atoms with van der Waals surface area (Å²) in [7, 11) is 1.34. The number of primary amides is 1. The Labute approximate surface area is 362 Å². The number of ether oxygens (including phenoxy) is 1. The molecule has 2 aromatic rings. The number of aromatic amines is 1. The molecule has 0 saturated carbocycles. The van der Waals surface area contributed by atoms with Gasteiger partial charge < -0.3 is 62.5 Å². The van der Waals surface area contributed by atoms with Gasteiger partial charge in [-0.05, 0) is 44.4 Å². The first-order valence-electron chi connectivity index (χ1n) is 20.0. The number of carbonyl (C=O) groups is 9. The predicted octanol–water partition coefficient (Wildman–Crippen LogP) is -3.01.